The Labute approximate surface area is 73.8 Å². The van der Waals surface area contributed by atoms with Crippen LogP contribution in [0.1, 0.15) is 0 Å². The van der Waals surface area contributed by atoms with E-state index < -0.39 is 5.91 Å². The monoisotopic (exact) mass is 180 g/mol. The smallest absolute Gasteiger partial charge is 0.240 e. The van der Waals surface area contributed by atoms with E-state index in [2.05, 4.69) is 23.9 Å². The number of carbonyl (C=O) groups is 1. The fraction of sp³-hybridized carbons (Fsp3) is 0.571. The molecule has 0 fully saturated rings. The average Bonchev–Trinajstić information content (AvgIpc) is 1.91. The van der Waals surface area contributed by atoms with Crippen LogP contribution in [0.3, 0.4) is 0 Å². The minimum Gasteiger partial charge on any atom is -0.366 e. The zero-order valence-corrected chi connectivity index (χ0v) is 8.35. The lowest BCUT2D eigenvalue weighted by Crippen LogP contribution is -2.04. The van der Waals surface area contributed by atoms with Crippen molar-refractivity contribution in [3.63, 3.8) is 0 Å². The maximum atomic E-state index is 9.47. The first kappa shape index (κ1) is 16.8. The Morgan fingerprint density at radius 1 is 1.45 bits per heavy atom. The van der Waals surface area contributed by atoms with Crippen molar-refractivity contribution in [3.8, 4) is 0 Å². The molecule has 0 bridgehead atoms. The largest absolute Gasteiger partial charge is 0.366 e. The zero-order valence-electron chi connectivity index (χ0n) is 7.60. The van der Waals surface area contributed by atoms with Gasteiger partial charge in [-0.15, -0.1) is 11.6 Å². The summed E-state index contributed by atoms with van der Waals surface area (Å²) in [7, 11) is 6.00. The van der Waals surface area contributed by atoms with Crippen molar-refractivity contribution in [2.75, 3.05) is 27.5 Å². The molecule has 0 aliphatic carbocycles. The van der Waals surface area contributed by atoms with Crippen molar-refractivity contribution in [1.82, 2.24) is 4.90 Å². The van der Waals surface area contributed by atoms with Crippen LogP contribution in [0.4, 0.5) is 0 Å². The lowest BCUT2D eigenvalue weighted by atomic mass is 10.6. The molecule has 3 nitrogen and oxygen atoms in total. The standard InChI is InChI=1S/C3H5NO.C3H9N.CH3Cl/c1-2-3(4)5;1-4(2)3;1-2/h2H,1H2,(H2,4,5);1-3H3;1H3. The Hall–Kier alpha value is -0.540. The SMILES string of the molecule is C=CC(N)=O.CCl.CN(C)C. The number of amides is 1. The summed E-state index contributed by atoms with van der Waals surface area (Å²) in [6, 6.07) is 0. The highest BCUT2D eigenvalue weighted by Gasteiger charge is 1.69. The summed E-state index contributed by atoms with van der Waals surface area (Å²) in [5, 5.41) is 0. The van der Waals surface area contributed by atoms with Crippen LogP contribution < -0.4 is 5.73 Å². The minimum atomic E-state index is -0.481. The molecular weight excluding hydrogens is 164 g/mol. The zero-order chi connectivity index (χ0) is 9.86. The second-order valence-electron chi connectivity index (χ2n) is 1.95. The van der Waals surface area contributed by atoms with Gasteiger partial charge in [0.1, 0.15) is 0 Å². The number of nitrogens with two attached hydrogens (primary N) is 1. The van der Waals surface area contributed by atoms with Gasteiger partial charge in [-0.2, -0.15) is 0 Å². The molecule has 0 aromatic heterocycles. The van der Waals surface area contributed by atoms with E-state index in [4.69, 9.17) is 0 Å². The molecule has 0 aromatic carbocycles. The van der Waals surface area contributed by atoms with E-state index in [1.54, 1.807) is 0 Å². The van der Waals surface area contributed by atoms with Crippen molar-refractivity contribution in [3.05, 3.63) is 12.7 Å². The second kappa shape index (κ2) is 16.2. The predicted octanol–water partition coefficient (Wildman–Crippen LogP) is 0.690. The quantitative estimate of drug-likeness (QED) is 0.477. The lowest BCUT2D eigenvalue weighted by Gasteiger charge is -1.90. The molecule has 0 rings (SSSR count). The van der Waals surface area contributed by atoms with E-state index in [9.17, 15) is 4.79 Å². The van der Waals surface area contributed by atoms with Crippen LogP contribution >= 0.6 is 11.6 Å². The number of primary amides is 1. The van der Waals surface area contributed by atoms with E-state index in [1.165, 1.54) is 6.38 Å². The number of alkyl halides is 1. The molecule has 0 aromatic rings. The maximum Gasteiger partial charge on any atom is 0.240 e. The van der Waals surface area contributed by atoms with Crippen LogP contribution in [0.25, 0.3) is 0 Å². The molecule has 0 spiro atoms. The van der Waals surface area contributed by atoms with E-state index in [0.29, 0.717) is 0 Å². The van der Waals surface area contributed by atoms with Gasteiger partial charge in [-0.25, -0.2) is 0 Å². The van der Waals surface area contributed by atoms with Crippen LogP contribution in [0, 0.1) is 0 Å². The number of hydrogen-bond acceptors (Lipinski definition) is 2. The molecule has 1 amide bonds. The minimum absolute atomic E-state index is 0.481. The number of carbonyl (C=O) groups excluding carboxylic acids is 1. The molecule has 0 heterocycles. The predicted molar refractivity (Wildman–Crippen MR) is 50.8 cm³/mol. The molecule has 2 N–H and O–H groups in total. The van der Waals surface area contributed by atoms with Crippen molar-refractivity contribution in [2.45, 2.75) is 0 Å². The van der Waals surface area contributed by atoms with Crippen molar-refractivity contribution < 1.29 is 4.79 Å². The summed E-state index contributed by atoms with van der Waals surface area (Å²) in [5.74, 6) is -0.481. The van der Waals surface area contributed by atoms with Gasteiger partial charge in [0.25, 0.3) is 0 Å². The van der Waals surface area contributed by atoms with Gasteiger partial charge in [-0.3, -0.25) is 4.79 Å². The fourth-order valence-corrected chi connectivity index (χ4v) is 0. The molecule has 0 radical (unpaired) electrons. The van der Waals surface area contributed by atoms with Gasteiger partial charge < -0.3 is 10.6 Å². The van der Waals surface area contributed by atoms with Gasteiger partial charge in [0.15, 0.2) is 0 Å². The van der Waals surface area contributed by atoms with E-state index in [1.807, 2.05) is 26.0 Å². The van der Waals surface area contributed by atoms with Gasteiger partial charge in [0.2, 0.25) is 5.91 Å². The molecule has 68 valence electrons. The van der Waals surface area contributed by atoms with Gasteiger partial charge in [0.05, 0.1) is 0 Å². The Kier molecular flexibility index (Phi) is 24.8. The van der Waals surface area contributed by atoms with Crippen LogP contribution in [0.5, 0.6) is 0 Å². The van der Waals surface area contributed by atoms with Crippen LogP contribution in [-0.4, -0.2) is 38.3 Å². The van der Waals surface area contributed by atoms with Crippen molar-refractivity contribution >= 4 is 17.5 Å². The number of nitrogens with zero attached hydrogens (tertiary/aromatic N) is 1. The van der Waals surface area contributed by atoms with E-state index >= 15 is 0 Å². The Bertz CT molecular complexity index is 91.7. The molecule has 0 saturated heterocycles. The van der Waals surface area contributed by atoms with Crippen LogP contribution in [0.2, 0.25) is 0 Å². The molecular formula is C7H17ClN2O. The van der Waals surface area contributed by atoms with Crippen molar-refractivity contribution in [1.29, 1.82) is 0 Å². The maximum absolute atomic E-state index is 9.47. The van der Waals surface area contributed by atoms with Gasteiger partial charge >= 0.3 is 0 Å². The summed E-state index contributed by atoms with van der Waals surface area (Å²) in [4.78, 5) is 11.5. The summed E-state index contributed by atoms with van der Waals surface area (Å²) < 4.78 is 0. The number of hydrogen-bond donors (Lipinski definition) is 1. The third kappa shape index (κ3) is 247. The molecule has 4 heteroatoms. The Morgan fingerprint density at radius 3 is 1.55 bits per heavy atom. The average molecular weight is 181 g/mol. The Balaban J connectivity index is -0.0000000965. The van der Waals surface area contributed by atoms with Crippen molar-refractivity contribution in [2.24, 2.45) is 5.73 Å². The molecule has 0 unspecified atom stereocenters. The van der Waals surface area contributed by atoms with E-state index in [0.717, 1.165) is 6.08 Å². The van der Waals surface area contributed by atoms with Crippen LogP contribution in [0.15, 0.2) is 12.7 Å². The molecule has 0 atom stereocenters. The highest BCUT2D eigenvalue weighted by Crippen LogP contribution is 1.48. The van der Waals surface area contributed by atoms with Gasteiger partial charge in [-0.1, -0.05) is 6.58 Å². The lowest BCUT2D eigenvalue weighted by molar-refractivity contribution is -0.113. The summed E-state index contributed by atoms with van der Waals surface area (Å²) in [6.07, 6.45) is 2.53. The highest BCUT2D eigenvalue weighted by atomic mass is 35.5. The first-order valence-corrected chi connectivity index (χ1v) is 3.67. The van der Waals surface area contributed by atoms with Crippen LogP contribution in [-0.2, 0) is 4.79 Å². The summed E-state index contributed by atoms with van der Waals surface area (Å²) in [5.41, 5.74) is 4.53. The number of rotatable bonds is 1. The summed E-state index contributed by atoms with van der Waals surface area (Å²) >= 11 is 4.64. The number of halogens is 1. The second-order valence-corrected chi connectivity index (χ2v) is 1.95. The first-order chi connectivity index (χ1) is 5.00. The topological polar surface area (TPSA) is 46.3 Å². The molecule has 0 saturated carbocycles. The third-order valence-electron chi connectivity index (χ3n) is 0.201. The molecule has 0 aliphatic heterocycles. The normalized spacial score (nSPS) is 6.73. The summed E-state index contributed by atoms with van der Waals surface area (Å²) in [6.45, 7) is 3.09. The first-order valence-electron chi connectivity index (χ1n) is 2.91. The highest BCUT2D eigenvalue weighted by molar-refractivity contribution is 6.15. The van der Waals surface area contributed by atoms with Gasteiger partial charge in [-0.05, 0) is 27.2 Å². The molecule has 0 aliphatic rings. The fourth-order valence-electron chi connectivity index (χ4n) is 0. The van der Waals surface area contributed by atoms with E-state index in [-0.39, 0.29) is 0 Å². The van der Waals surface area contributed by atoms with Gasteiger partial charge in [0, 0.05) is 6.38 Å². The molecule has 11 heavy (non-hydrogen) atoms. The Morgan fingerprint density at radius 2 is 1.55 bits per heavy atom. The third-order valence-corrected chi connectivity index (χ3v) is 0.201.